The molecule has 10 heavy (non-hydrogen) atoms. The molecule has 0 aromatic rings. The molecule has 0 spiro atoms. The molecule has 3 fully saturated rings. The van der Waals surface area contributed by atoms with Gasteiger partial charge in [-0.05, 0) is 29.6 Å². The summed E-state index contributed by atoms with van der Waals surface area (Å²) in [6.07, 6.45) is 2.72. The van der Waals surface area contributed by atoms with Crippen molar-refractivity contribution in [3.05, 3.63) is 0 Å². The lowest BCUT2D eigenvalue weighted by Gasteiger charge is -2.58. The molecule has 3 aliphatic carbocycles. The summed E-state index contributed by atoms with van der Waals surface area (Å²) in [7, 11) is 0. The Morgan fingerprint density at radius 3 is 2.00 bits per heavy atom. The van der Waals surface area contributed by atoms with Crippen LogP contribution in [0.25, 0.3) is 0 Å². The molecule has 0 heterocycles. The highest BCUT2D eigenvalue weighted by atomic mass is 14.9. The molecule has 0 unspecified atom stereocenters. The van der Waals surface area contributed by atoms with Crippen LogP contribution < -0.4 is 5.73 Å². The van der Waals surface area contributed by atoms with Crippen LogP contribution >= 0.6 is 0 Å². The van der Waals surface area contributed by atoms with E-state index < -0.39 is 0 Å². The maximum absolute atomic E-state index is 6.04. The minimum Gasteiger partial charge on any atom is -0.327 e. The van der Waals surface area contributed by atoms with E-state index in [4.69, 9.17) is 5.73 Å². The zero-order valence-electron chi connectivity index (χ0n) is 7.15. The van der Waals surface area contributed by atoms with Gasteiger partial charge < -0.3 is 5.73 Å². The Labute approximate surface area is 63.0 Å². The SMILES string of the molecule is CC1(C)[C@H]2CC[C@@]1(C)[C@@H]2N. The summed E-state index contributed by atoms with van der Waals surface area (Å²) >= 11 is 0. The fraction of sp³-hybridized carbons (Fsp3) is 1.00. The molecule has 3 atom stereocenters. The maximum atomic E-state index is 6.04. The van der Waals surface area contributed by atoms with E-state index in [1.807, 2.05) is 0 Å². The molecule has 2 N–H and O–H groups in total. The number of rotatable bonds is 0. The predicted molar refractivity (Wildman–Crippen MR) is 42.6 cm³/mol. The summed E-state index contributed by atoms with van der Waals surface area (Å²) in [5.41, 5.74) is 7.04. The van der Waals surface area contributed by atoms with E-state index in [0.717, 1.165) is 5.92 Å². The van der Waals surface area contributed by atoms with Gasteiger partial charge in [0.05, 0.1) is 0 Å². The Morgan fingerprint density at radius 2 is 1.90 bits per heavy atom. The second-order valence-corrected chi connectivity index (χ2v) is 4.81. The Balaban J connectivity index is 2.35. The third kappa shape index (κ3) is 0.402. The van der Waals surface area contributed by atoms with E-state index in [0.29, 0.717) is 16.9 Å². The highest BCUT2D eigenvalue weighted by Gasteiger charge is 2.67. The number of fused-ring (bicyclic) bond motifs is 1. The maximum Gasteiger partial charge on any atom is 0.0132 e. The van der Waals surface area contributed by atoms with E-state index in [1.54, 1.807) is 0 Å². The number of nitrogens with two attached hydrogens (primary N) is 1. The molecule has 1 heteroatoms. The molecular formula is C9H17N. The molecule has 0 aromatic heterocycles. The lowest BCUT2D eigenvalue weighted by Crippen LogP contribution is -2.62. The van der Waals surface area contributed by atoms with Crippen molar-refractivity contribution >= 4 is 0 Å². The monoisotopic (exact) mass is 139 g/mol. The van der Waals surface area contributed by atoms with Gasteiger partial charge in [0.2, 0.25) is 0 Å². The molecule has 0 saturated heterocycles. The fourth-order valence-corrected chi connectivity index (χ4v) is 3.13. The van der Waals surface area contributed by atoms with Crippen molar-refractivity contribution in [2.24, 2.45) is 22.5 Å². The first kappa shape index (κ1) is 6.66. The van der Waals surface area contributed by atoms with Crippen LogP contribution in [0.2, 0.25) is 0 Å². The Morgan fingerprint density at radius 1 is 1.30 bits per heavy atom. The number of hydrogen-bond acceptors (Lipinski definition) is 1. The van der Waals surface area contributed by atoms with Crippen LogP contribution in [0.15, 0.2) is 0 Å². The van der Waals surface area contributed by atoms with Crippen molar-refractivity contribution in [2.75, 3.05) is 0 Å². The van der Waals surface area contributed by atoms with Crippen molar-refractivity contribution in [3.8, 4) is 0 Å². The topological polar surface area (TPSA) is 26.0 Å². The molecular weight excluding hydrogens is 122 g/mol. The van der Waals surface area contributed by atoms with Gasteiger partial charge >= 0.3 is 0 Å². The van der Waals surface area contributed by atoms with Gasteiger partial charge in [0.15, 0.2) is 0 Å². The van der Waals surface area contributed by atoms with Gasteiger partial charge in [0, 0.05) is 6.04 Å². The van der Waals surface area contributed by atoms with Crippen LogP contribution in [0.1, 0.15) is 33.6 Å². The van der Waals surface area contributed by atoms with Gasteiger partial charge in [-0.2, -0.15) is 0 Å². The predicted octanol–water partition coefficient (Wildman–Crippen LogP) is 1.77. The largest absolute Gasteiger partial charge is 0.327 e. The summed E-state index contributed by atoms with van der Waals surface area (Å²) < 4.78 is 0. The molecule has 0 amide bonds. The molecule has 0 radical (unpaired) electrons. The van der Waals surface area contributed by atoms with Crippen LogP contribution in [-0.4, -0.2) is 6.04 Å². The Kier molecular flexibility index (Phi) is 0.949. The standard InChI is InChI=1S/C9H17N/c1-8(2)6-4-5-9(8,3)7(6)10/h6-7H,4-5,10H2,1-3H3/t6-,7+,9-/m0/s1. The molecule has 0 aliphatic heterocycles. The first-order valence-corrected chi connectivity index (χ1v) is 4.26. The average Bonchev–Trinajstić information content (AvgIpc) is 2.23. The normalized spacial score (nSPS) is 56.4. The van der Waals surface area contributed by atoms with Gasteiger partial charge in [-0.1, -0.05) is 20.8 Å². The number of hydrogen-bond donors (Lipinski definition) is 1. The highest BCUT2D eigenvalue weighted by Crippen LogP contribution is 2.69. The van der Waals surface area contributed by atoms with Crippen LogP contribution in [0.4, 0.5) is 0 Å². The van der Waals surface area contributed by atoms with Crippen molar-refractivity contribution in [1.29, 1.82) is 0 Å². The Bertz CT molecular complexity index is 174. The minimum absolute atomic E-state index is 0.470. The molecule has 3 saturated carbocycles. The Hall–Kier alpha value is -0.0400. The van der Waals surface area contributed by atoms with Crippen molar-refractivity contribution in [1.82, 2.24) is 0 Å². The quantitative estimate of drug-likeness (QED) is 0.544. The van der Waals surface area contributed by atoms with Crippen LogP contribution in [0, 0.1) is 16.7 Å². The molecule has 3 rings (SSSR count). The summed E-state index contributed by atoms with van der Waals surface area (Å²) in [5.74, 6) is 0.817. The summed E-state index contributed by atoms with van der Waals surface area (Å²) in [6, 6.07) is 0.502. The van der Waals surface area contributed by atoms with Gasteiger partial charge in [-0.15, -0.1) is 0 Å². The van der Waals surface area contributed by atoms with Crippen molar-refractivity contribution in [3.63, 3.8) is 0 Å². The molecule has 1 nitrogen and oxygen atoms in total. The summed E-state index contributed by atoms with van der Waals surface area (Å²) in [5, 5.41) is 0. The van der Waals surface area contributed by atoms with E-state index in [-0.39, 0.29) is 0 Å². The van der Waals surface area contributed by atoms with Gasteiger partial charge in [0.25, 0.3) is 0 Å². The third-order valence-electron chi connectivity index (χ3n) is 4.54. The van der Waals surface area contributed by atoms with Gasteiger partial charge in [-0.25, -0.2) is 0 Å². The van der Waals surface area contributed by atoms with Crippen molar-refractivity contribution in [2.45, 2.75) is 39.7 Å². The zero-order chi connectivity index (χ0) is 7.57. The molecule has 2 bridgehead atoms. The highest BCUT2D eigenvalue weighted by molar-refractivity contribution is 5.19. The molecule has 0 aromatic carbocycles. The smallest absolute Gasteiger partial charge is 0.0132 e. The average molecular weight is 139 g/mol. The van der Waals surface area contributed by atoms with E-state index in [1.165, 1.54) is 12.8 Å². The van der Waals surface area contributed by atoms with E-state index >= 15 is 0 Å². The minimum atomic E-state index is 0.470. The fourth-order valence-electron chi connectivity index (χ4n) is 3.13. The second-order valence-electron chi connectivity index (χ2n) is 4.81. The third-order valence-corrected chi connectivity index (χ3v) is 4.54. The van der Waals surface area contributed by atoms with Gasteiger partial charge in [0.1, 0.15) is 0 Å². The van der Waals surface area contributed by atoms with Crippen LogP contribution in [0.5, 0.6) is 0 Å². The molecule has 3 aliphatic rings. The van der Waals surface area contributed by atoms with E-state index in [2.05, 4.69) is 20.8 Å². The second kappa shape index (κ2) is 1.42. The first-order valence-electron chi connectivity index (χ1n) is 4.26. The first-order chi connectivity index (χ1) is 4.50. The van der Waals surface area contributed by atoms with Crippen LogP contribution in [0.3, 0.4) is 0 Å². The summed E-state index contributed by atoms with van der Waals surface area (Å²) in [6.45, 7) is 7.09. The summed E-state index contributed by atoms with van der Waals surface area (Å²) in [4.78, 5) is 0. The van der Waals surface area contributed by atoms with Crippen LogP contribution in [-0.2, 0) is 0 Å². The lowest BCUT2D eigenvalue weighted by molar-refractivity contribution is -0.0668. The lowest BCUT2D eigenvalue weighted by atomic mass is 9.49. The molecule has 58 valence electrons. The van der Waals surface area contributed by atoms with Gasteiger partial charge in [-0.3, -0.25) is 0 Å². The van der Waals surface area contributed by atoms with Crippen molar-refractivity contribution < 1.29 is 0 Å². The zero-order valence-corrected chi connectivity index (χ0v) is 7.15. The van der Waals surface area contributed by atoms with E-state index in [9.17, 15) is 0 Å².